The van der Waals surface area contributed by atoms with Crippen LogP contribution in [0.4, 0.5) is 0 Å². The van der Waals surface area contributed by atoms with Gasteiger partial charge in [0.15, 0.2) is 0 Å². The van der Waals surface area contributed by atoms with Gasteiger partial charge in [-0.15, -0.1) is 0 Å². The summed E-state index contributed by atoms with van der Waals surface area (Å²) >= 11 is 0. The average Bonchev–Trinajstić information content (AvgIpc) is 3.02. The van der Waals surface area contributed by atoms with Gasteiger partial charge in [-0.05, 0) is 48.7 Å². The normalized spacial score (nSPS) is 17.7. The van der Waals surface area contributed by atoms with E-state index in [1.807, 2.05) is 18.5 Å². The first-order valence-corrected chi connectivity index (χ1v) is 8.16. The van der Waals surface area contributed by atoms with Crippen LogP contribution in [0.2, 0.25) is 0 Å². The van der Waals surface area contributed by atoms with Crippen LogP contribution in [0.3, 0.4) is 0 Å². The predicted octanol–water partition coefficient (Wildman–Crippen LogP) is 3.71. The number of aryl methyl sites for hydroxylation is 1. The van der Waals surface area contributed by atoms with Gasteiger partial charge < -0.3 is 10.9 Å². The fourth-order valence-corrected chi connectivity index (χ4v) is 2.98. The maximum absolute atomic E-state index is 5.95. The summed E-state index contributed by atoms with van der Waals surface area (Å²) in [4.78, 5) is 6.68. The van der Waals surface area contributed by atoms with Crippen molar-refractivity contribution in [3.8, 4) is 5.75 Å². The zero-order chi connectivity index (χ0) is 15.2. The van der Waals surface area contributed by atoms with Crippen molar-refractivity contribution in [2.24, 2.45) is 5.92 Å². The molecule has 0 aliphatic carbocycles. The van der Waals surface area contributed by atoms with Crippen molar-refractivity contribution < 1.29 is 4.74 Å². The summed E-state index contributed by atoms with van der Waals surface area (Å²) in [6, 6.07) is 12.6. The lowest BCUT2D eigenvalue weighted by atomic mass is 10.1. The van der Waals surface area contributed by atoms with Gasteiger partial charge in [0.25, 0.3) is 0 Å². The lowest BCUT2D eigenvalue weighted by Gasteiger charge is -2.16. The molecule has 1 aromatic carbocycles. The molecule has 0 spiro atoms. The Morgan fingerprint density at radius 1 is 1.17 bits per heavy atom. The molecule has 23 heavy (non-hydrogen) atoms. The van der Waals surface area contributed by atoms with Crippen molar-refractivity contribution in [2.75, 3.05) is 19.7 Å². The van der Waals surface area contributed by atoms with E-state index in [9.17, 15) is 0 Å². The summed E-state index contributed by atoms with van der Waals surface area (Å²) < 4.78 is 5.95. The molecule has 0 saturated carbocycles. The van der Waals surface area contributed by atoms with E-state index in [0.29, 0.717) is 5.92 Å². The van der Waals surface area contributed by atoms with Gasteiger partial charge in [-0.1, -0.05) is 25.1 Å². The van der Waals surface area contributed by atoms with Crippen LogP contribution in [0.5, 0.6) is 5.75 Å². The molecular weight excluding hydrogens is 286 g/mol. The third-order valence-electron chi connectivity index (χ3n) is 4.32. The van der Waals surface area contributed by atoms with Gasteiger partial charge in [0.1, 0.15) is 5.75 Å². The van der Waals surface area contributed by atoms with Gasteiger partial charge in [0.2, 0.25) is 0 Å². The van der Waals surface area contributed by atoms with Crippen molar-refractivity contribution in [1.29, 1.82) is 0 Å². The van der Waals surface area contributed by atoms with Crippen LogP contribution >= 0.6 is 0 Å². The molecule has 0 amide bonds. The third kappa shape index (κ3) is 5.05. The molecule has 1 atom stereocenters. The Balaban J connectivity index is 0.00000192. The Morgan fingerprint density at radius 3 is 2.70 bits per heavy atom. The van der Waals surface area contributed by atoms with Crippen LogP contribution in [0.1, 0.15) is 24.5 Å². The summed E-state index contributed by atoms with van der Waals surface area (Å²) in [5.41, 5.74) is 2.65. The average molecular weight is 313 g/mol. The van der Waals surface area contributed by atoms with E-state index in [-0.39, 0.29) is 6.15 Å². The first-order chi connectivity index (χ1) is 10.8. The van der Waals surface area contributed by atoms with E-state index in [4.69, 9.17) is 4.74 Å². The van der Waals surface area contributed by atoms with E-state index < -0.39 is 0 Å². The van der Waals surface area contributed by atoms with Gasteiger partial charge in [0, 0.05) is 31.4 Å². The number of aromatic nitrogens is 1. The molecule has 3 rings (SSSR count). The second kappa shape index (κ2) is 8.65. The molecule has 0 radical (unpaired) electrons. The molecule has 124 valence electrons. The van der Waals surface area contributed by atoms with Crippen molar-refractivity contribution in [1.82, 2.24) is 16.0 Å². The maximum atomic E-state index is 5.95. The molecule has 1 aromatic heterocycles. The molecule has 2 aromatic rings. The van der Waals surface area contributed by atoms with Crippen LogP contribution in [0.25, 0.3) is 0 Å². The second-order valence-corrected chi connectivity index (χ2v) is 6.06. The van der Waals surface area contributed by atoms with Crippen LogP contribution in [0, 0.1) is 5.92 Å². The van der Waals surface area contributed by atoms with Crippen LogP contribution in [0.15, 0.2) is 48.8 Å². The fraction of sp³-hybridized carbons (Fsp3) is 0.421. The Hall–Kier alpha value is -1.91. The van der Waals surface area contributed by atoms with Crippen LogP contribution in [-0.4, -0.2) is 29.6 Å². The molecule has 4 nitrogen and oxygen atoms in total. The number of hydrogen-bond donors (Lipinski definition) is 1. The second-order valence-electron chi connectivity index (χ2n) is 6.06. The third-order valence-corrected chi connectivity index (χ3v) is 4.32. The first kappa shape index (κ1) is 17.4. The smallest absolute Gasteiger partial charge is 0.119 e. The highest BCUT2D eigenvalue weighted by Gasteiger charge is 2.23. The number of rotatable bonds is 6. The van der Waals surface area contributed by atoms with E-state index >= 15 is 0 Å². The molecule has 3 N–H and O–H groups in total. The monoisotopic (exact) mass is 313 g/mol. The predicted molar refractivity (Wildman–Crippen MR) is 94.0 cm³/mol. The molecule has 1 saturated heterocycles. The zero-order valence-corrected chi connectivity index (χ0v) is 13.9. The molecular formula is C19H27N3O. The fourth-order valence-electron chi connectivity index (χ4n) is 2.98. The van der Waals surface area contributed by atoms with Gasteiger partial charge in [-0.2, -0.15) is 0 Å². The van der Waals surface area contributed by atoms with Gasteiger partial charge >= 0.3 is 0 Å². The standard InChI is InChI=1S/C19H24N2O.H3N/c1-2-16-5-7-19(8-6-16)22-15-18-9-11-21(14-18)13-17-4-3-10-20-12-17;/h3-8,10,12,18H,2,9,11,13-15H2,1H3;1H3. The Bertz CT molecular complexity index is 571. The maximum Gasteiger partial charge on any atom is 0.119 e. The zero-order valence-electron chi connectivity index (χ0n) is 13.9. The Labute approximate surface area is 139 Å². The molecule has 4 heteroatoms. The van der Waals surface area contributed by atoms with E-state index in [1.165, 1.54) is 17.5 Å². The minimum atomic E-state index is 0. The Morgan fingerprint density at radius 2 is 2.00 bits per heavy atom. The number of nitrogens with zero attached hydrogens (tertiary/aromatic N) is 2. The highest BCUT2D eigenvalue weighted by molar-refractivity contribution is 5.27. The van der Waals surface area contributed by atoms with Gasteiger partial charge in [0.05, 0.1) is 6.61 Å². The van der Waals surface area contributed by atoms with E-state index in [1.54, 1.807) is 0 Å². The molecule has 0 bridgehead atoms. The highest BCUT2D eigenvalue weighted by Crippen LogP contribution is 2.20. The summed E-state index contributed by atoms with van der Waals surface area (Å²) in [6.07, 6.45) is 6.08. The van der Waals surface area contributed by atoms with E-state index in [2.05, 4.69) is 47.1 Å². The molecule has 2 heterocycles. The van der Waals surface area contributed by atoms with Crippen molar-refractivity contribution >= 4 is 0 Å². The number of ether oxygens (including phenoxy) is 1. The highest BCUT2D eigenvalue weighted by atomic mass is 16.5. The minimum Gasteiger partial charge on any atom is -0.493 e. The lowest BCUT2D eigenvalue weighted by molar-refractivity contribution is 0.238. The summed E-state index contributed by atoms with van der Waals surface area (Å²) in [6.45, 7) is 6.25. The number of likely N-dealkylation sites (tertiary alicyclic amines) is 1. The van der Waals surface area contributed by atoms with Gasteiger partial charge in [-0.25, -0.2) is 0 Å². The topological polar surface area (TPSA) is 60.4 Å². The summed E-state index contributed by atoms with van der Waals surface area (Å²) in [5, 5.41) is 0. The summed E-state index contributed by atoms with van der Waals surface area (Å²) in [7, 11) is 0. The van der Waals surface area contributed by atoms with E-state index in [0.717, 1.165) is 38.4 Å². The van der Waals surface area contributed by atoms with Crippen molar-refractivity contribution in [2.45, 2.75) is 26.3 Å². The SMILES string of the molecule is CCc1ccc(OCC2CCN(Cc3cccnc3)C2)cc1.N. The number of pyridine rings is 1. The molecule has 1 fully saturated rings. The molecule has 1 aliphatic rings. The number of hydrogen-bond acceptors (Lipinski definition) is 4. The van der Waals surface area contributed by atoms with Crippen molar-refractivity contribution in [3.63, 3.8) is 0 Å². The Kier molecular flexibility index (Phi) is 6.56. The largest absolute Gasteiger partial charge is 0.493 e. The van der Waals surface area contributed by atoms with Gasteiger partial charge in [-0.3, -0.25) is 9.88 Å². The van der Waals surface area contributed by atoms with Crippen molar-refractivity contribution in [3.05, 3.63) is 59.9 Å². The van der Waals surface area contributed by atoms with Crippen LogP contribution in [-0.2, 0) is 13.0 Å². The lowest BCUT2D eigenvalue weighted by Crippen LogP contribution is -2.22. The minimum absolute atomic E-state index is 0. The molecule has 1 unspecified atom stereocenters. The van der Waals surface area contributed by atoms with Crippen LogP contribution < -0.4 is 10.9 Å². The molecule has 1 aliphatic heterocycles. The first-order valence-electron chi connectivity index (χ1n) is 8.16. The number of benzene rings is 1. The summed E-state index contributed by atoms with van der Waals surface area (Å²) in [5.74, 6) is 1.62. The quantitative estimate of drug-likeness (QED) is 0.883.